The first-order valence-corrected chi connectivity index (χ1v) is 9.82. The highest BCUT2D eigenvalue weighted by Gasteiger charge is 2.43. The van der Waals surface area contributed by atoms with Crippen molar-refractivity contribution in [3.05, 3.63) is 35.5 Å². The Morgan fingerprint density at radius 3 is 2.48 bits per heavy atom. The summed E-state index contributed by atoms with van der Waals surface area (Å²) < 4.78 is 16.5. The lowest BCUT2D eigenvalue weighted by atomic mass is 9.81. The number of carbonyl (C=O) groups is 3. The molecule has 0 spiro atoms. The van der Waals surface area contributed by atoms with E-state index in [2.05, 4.69) is 6.58 Å². The zero-order valence-electron chi connectivity index (χ0n) is 17.6. The number of esters is 3. The molecule has 1 aliphatic carbocycles. The van der Waals surface area contributed by atoms with Crippen LogP contribution >= 0.6 is 0 Å². The van der Waals surface area contributed by atoms with Gasteiger partial charge in [-0.1, -0.05) is 19.6 Å². The van der Waals surface area contributed by atoms with Crippen LogP contribution in [0.4, 0.5) is 0 Å². The highest BCUT2D eigenvalue weighted by molar-refractivity contribution is 5.91. The van der Waals surface area contributed by atoms with Gasteiger partial charge in [0.15, 0.2) is 0 Å². The normalized spacial score (nSPS) is 33.3. The maximum absolute atomic E-state index is 12.4. The fourth-order valence-corrected chi connectivity index (χ4v) is 3.68. The molecule has 0 aromatic carbocycles. The Labute approximate surface area is 171 Å². The SMILES string of the molecule is C=C1C(=O)OC2C=C(C)C(O)C(OC(C)=O)CC(C)C(OC(=O)C(C)=CC)CC12. The number of ether oxygens (including phenoxy) is 3. The molecule has 160 valence electrons. The second-order valence-electron chi connectivity index (χ2n) is 7.87. The van der Waals surface area contributed by atoms with Crippen molar-refractivity contribution in [3.8, 4) is 0 Å². The van der Waals surface area contributed by atoms with E-state index in [4.69, 9.17) is 14.2 Å². The third kappa shape index (κ3) is 5.35. The van der Waals surface area contributed by atoms with Crippen LogP contribution in [0.2, 0.25) is 0 Å². The maximum Gasteiger partial charge on any atom is 0.334 e. The minimum absolute atomic E-state index is 0.252. The van der Waals surface area contributed by atoms with Crippen molar-refractivity contribution >= 4 is 17.9 Å². The molecule has 1 aliphatic heterocycles. The average molecular weight is 406 g/mol. The molecule has 0 aromatic rings. The van der Waals surface area contributed by atoms with Crippen LogP contribution < -0.4 is 0 Å². The van der Waals surface area contributed by atoms with Gasteiger partial charge < -0.3 is 19.3 Å². The molecule has 0 amide bonds. The van der Waals surface area contributed by atoms with Gasteiger partial charge in [0, 0.05) is 24.0 Å². The molecule has 0 bridgehead atoms. The van der Waals surface area contributed by atoms with Crippen LogP contribution in [-0.4, -0.2) is 47.4 Å². The number of hydrogen-bond acceptors (Lipinski definition) is 7. The van der Waals surface area contributed by atoms with Crippen LogP contribution in [-0.2, 0) is 28.6 Å². The fraction of sp³-hybridized carbons (Fsp3) is 0.591. The Balaban J connectivity index is 2.43. The summed E-state index contributed by atoms with van der Waals surface area (Å²) in [6, 6.07) is 0. The van der Waals surface area contributed by atoms with Crippen LogP contribution in [0.15, 0.2) is 35.5 Å². The van der Waals surface area contributed by atoms with Crippen molar-refractivity contribution in [2.45, 2.75) is 71.9 Å². The molecule has 0 aromatic heterocycles. The van der Waals surface area contributed by atoms with Crippen molar-refractivity contribution in [3.63, 3.8) is 0 Å². The Kier molecular flexibility index (Phi) is 7.41. The molecule has 6 atom stereocenters. The van der Waals surface area contributed by atoms with Crippen molar-refractivity contribution in [1.29, 1.82) is 0 Å². The van der Waals surface area contributed by atoms with Crippen molar-refractivity contribution in [2.75, 3.05) is 0 Å². The largest absolute Gasteiger partial charge is 0.459 e. The van der Waals surface area contributed by atoms with Gasteiger partial charge in [0.05, 0.1) is 0 Å². The molecule has 1 saturated heterocycles. The first-order chi connectivity index (χ1) is 13.5. The standard InChI is InChI=1S/C22H30O7/c1-7-11(2)21(25)28-17-10-16-14(5)22(26)29-18(16)9-13(4)20(24)19(8-12(17)3)27-15(6)23/h7,9,12,16-20,24H,5,8,10H2,1-4,6H3. The molecular weight excluding hydrogens is 376 g/mol. The van der Waals surface area contributed by atoms with Crippen molar-refractivity contribution in [1.82, 2.24) is 0 Å². The highest BCUT2D eigenvalue weighted by atomic mass is 16.6. The molecule has 0 radical (unpaired) electrons. The molecule has 1 heterocycles. The molecule has 29 heavy (non-hydrogen) atoms. The first kappa shape index (κ1) is 22.9. The lowest BCUT2D eigenvalue weighted by molar-refractivity contribution is -0.157. The van der Waals surface area contributed by atoms with Gasteiger partial charge in [0.2, 0.25) is 0 Å². The summed E-state index contributed by atoms with van der Waals surface area (Å²) in [5.74, 6) is -2.09. The summed E-state index contributed by atoms with van der Waals surface area (Å²) in [6.45, 7) is 12.1. The van der Waals surface area contributed by atoms with Crippen LogP contribution in [0.3, 0.4) is 0 Å². The predicted octanol–water partition coefficient (Wildman–Crippen LogP) is 2.63. The Hall–Kier alpha value is -2.41. The molecular formula is C22H30O7. The quantitative estimate of drug-likeness (QED) is 0.333. The van der Waals surface area contributed by atoms with Gasteiger partial charge in [-0.05, 0) is 51.2 Å². The van der Waals surface area contributed by atoms with Crippen LogP contribution in [0, 0.1) is 11.8 Å². The monoisotopic (exact) mass is 406 g/mol. The number of rotatable bonds is 3. The number of hydrogen-bond donors (Lipinski definition) is 1. The number of fused-ring (bicyclic) bond motifs is 1. The number of aliphatic hydroxyl groups is 1. The lowest BCUT2D eigenvalue weighted by Crippen LogP contribution is -2.39. The topological polar surface area (TPSA) is 99.1 Å². The van der Waals surface area contributed by atoms with Gasteiger partial charge >= 0.3 is 17.9 Å². The van der Waals surface area contributed by atoms with E-state index in [1.165, 1.54) is 6.92 Å². The van der Waals surface area contributed by atoms with Crippen molar-refractivity contribution in [2.24, 2.45) is 11.8 Å². The van der Waals surface area contributed by atoms with E-state index in [0.717, 1.165) is 0 Å². The lowest BCUT2D eigenvalue weighted by Gasteiger charge is -2.33. The molecule has 2 rings (SSSR count). The van der Waals surface area contributed by atoms with Crippen LogP contribution in [0.25, 0.3) is 0 Å². The summed E-state index contributed by atoms with van der Waals surface area (Å²) in [5, 5.41) is 10.7. The summed E-state index contributed by atoms with van der Waals surface area (Å²) in [4.78, 5) is 36.0. The van der Waals surface area contributed by atoms with Gasteiger partial charge in [0.25, 0.3) is 0 Å². The second-order valence-corrected chi connectivity index (χ2v) is 7.87. The third-order valence-electron chi connectivity index (χ3n) is 5.65. The minimum atomic E-state index is -1.07. The van der Waals surface area contributed by atoms with Gasteiger partial charge in [-0.25, -0.2) is 9.59 Å². The van der Waals surface area contributed by atoms with E-state index in [9.17, 15) is 19.5 Å². The summed E-state index contributed by atoms with van der Waals surface area (Å²) >= 11 is 0. The van der Waals surface area contributed by atoms with E-state index >= 15 is 0 Å². The summed E-state index contributed by atoms with van der Waals surface area (Å²) in [5.41, 5.74) is 1.33. The molecule has 2 aliphatic rings. The second kappa shape index (κ2) is 9.39. The van der Waals surface area contributed by atoms with Gasteiger partial charge in [-0.15, -0.1) is 0 Å². The van der Waals surface area contributed by atoms with E-state index in [1.807, 2.05) is 6.92 Å². The Morgan fingerprint density at radius 2 is 1.90 bits per heavy atom. The van der Waals surface area contributed by atoms with Gasteiger partial charge in [-0.2, -0.15) is 0 Å². The maximum atomic E-state index is 12.4. The Morgan fingerprint density at radius 1 is 1.24 bits per heavy atom. The molecule has 7 nitrogen and oxygen atoms in total. The fourth-order valence-electron chi connectivity index (χ4n) is 3.68. The summed E-state index contributed by atoms with van der Waals surface area (Å²) in [7, 11) is 0. The molecule has 1 fully saturated rings. The number of aliphatic hydroxyl groups excluding tert-OH is 1. The number of allylic oxidation sites excluding steroid dienone is 1. The van der Waals surface area contributed by atoms with Crippen LogP contribution in [0.5, 0.6) is 0 Å². The smallest absolute Gasteiger partial charge is 0.334 e. The summed E-state index contributed by atoms with van der Waals surface area (Å²) in [6.07, 6.45) is 0.873. The van der Waals surface area contributed by atoms with E-state index in [1.54, 1.807) is 32.9 Å². The van der Waals surface area contributed by atoms with E-state index in [-0.39, 0.29) is 18.3 Å². The molecule has 7 heteroatoms. The number of carbonyl (C=O) groups excluding carboxylic acids is 3. The molecule has 1 N–H and O–H groups in total. The minimum Gasteiger partial charge on any atom is -0.459 e. The van der Waals surface area contributed by atoms with Gasteiger partial charge in [0.1, 0.15) is 24.4 Å². The van der Waals surface area contributed by atoms with E-state index in [0.29, 0.717) is 23.1 Å². The Bertz CT molecular complexity index is 748. The van der Waals surface area contributed by atoms with Crippen LogP contribution in [0.1, 0.15) is 47.5 Å². The molecule has 0 saturated carbocycles. The average Bonchev–Trinajstić information content (AvgIpc) is 2.91. The first-order valence-electron chi connectivity index (χ1n) is 9.82. The zero-order valence-corrected chi connectivity index (χ0v) is 17.6. The third-order valence-corrected chi connectivity index (χ3v) is 5.65. The zero-order chi connectivity index (χ0) is 21.9. The predicted molar refractivity (Wildman–Crippen MR) is 106 cm³/mol. The van der Waals surface area contributed by atoms with E-state index < -0.39 is 42.3 Å². The van der Waals surface area contributed by atoms with Gasteiger partial charge in [-0.3, -0.25) is 4.79 Å². The highest BCUT2D eigenvalue weighted by Crippen LogP contribution is 2.37. The van der Waals surface area contributed by atoms with Crippen molar-refractivity contribution < 1.29 is 33.7 Å². The molecule has 6 unspecified atom stereocenters.